The first kappa shape index (κ1) is 25.9. The summed E-state index contributed by atoms with van der Waals surface area (Å²) in [7, 11) is 0. The number of Topliss-reactive ketones (excluding diaryl/α,β-unsaturated/α-hetero) is 1. The van der Waals surface area contributed by atoms with Crippen molar-refractivity contribution in [3.63, 3.8) is 0 Å². The standard InChI is InChI=1S/C26H24N2O5S2/c1-2-33-24(30)15-20(29)17-35-21-11-6-10-19(14-21)27-26(32)23(16-22-12-7-13-34-22)28-25(31)18-8-4-3-5-9-18/h3-14,16H,2,15,17H2,1H3,(H,27,32)(H,28,31)/b23-16+. The third-order valence-corrected chi connectivity index (χ3v) is 6.37. The fourth-order valence-electron chi connectivity index (χ4n) is 2.91. The summed E-state index contributed by atoms with van der Waals surface area (Å²) in [5.74, 6) is -1.56. The summed E-state index contributed by atoms with van der Waals surface area (Å²) in [6.45, 7) is 1.92. The maximum absolute atomic E-state index is 13.1. The molecule has 9 heteroatoms. The van der Waals surface area contributed by atoms with E-state index < -0.39 is 17.8 Å². The Bertz CT molecular complexity index is 1210. The van der Waals surface area contributed by atoms with Crippen molar-refractivity contribution in [2.45, 2.75) is 18.2 Å². The van der Waals surface area contributed by atoms with Crippen LogP contribution in [-0.2, 0) is 19.1 Å². The second-order valence-electron chi connectivity index (χ2n) is 7.18. The lowest BCUT2D eigenvalue weighted by molar-refractivity contribution is -0.145. The quantitative estimate of drug-likeness (QED) is 0.167. The normalized spacial score (nSPS) is 10.9. The van der Waals surface area contributed by atoms with Crippen LogP contribution >= 0.6 is 23.1 Å². The van der Waals surface area contributed by atoms with Crippen molar-refractivity contribution in [1.29, 1.82) is 0 Å². The molecule has 2 amide bonds. The third kappa shape index (κ3) is 8.55. The minimum atomic E-state index is -0.540. The number of esters is 1. The number of nitrogens with one attached hydrogen (secondary N) is 2. The molecular formula is C26H24N2O5S2. The zero-order chi connectivity index (χ0) is 25.0. The van der Waals surface area contributed by atoms with Crippen LogP contribution in [0.5, 0.6) is 0 Å². The Labute approximate surface area is 211 Å². The number of anilines is 1. The Morgan fingerprint density at radius 1 is 1.00 bits per heavy atom. The van der Waals surface area contributed by atoms with Crippen LogP contribution in [0.1, 0.15) is 28.6 Å². The molecule has 0 fully saturated rings. The van der Waals surface area contributed by atoms with E-state index in [1.54, 1.807) is 67.6 Å². The van der Waals surface area contributed by atoms with Crippen LogP contribution in [-0.4, -0.2) is 35.9 Å². The number of thiophene rings is 1. The van der Waals surface area contributed by atoms with E-state index in [2.05, 4.69) is 10.6 Å². The Morgan fingerprint density at radius 3 is 2.51 bits per heavy atom. The molecule has 3 aromatic rings. The second-order valence-corrected chi connectivity index (χ2v) is 9.21. The van der Waals surface area contributed by atoms with E-state index in [-0.39, 0.29) is 30.3 Å². The molecule has 1 aromatic heterocycles. The minimum absolute atomic E-state index is 0.101. The highest BCUT2D eigenvalue weighted by Gasteiger charge is 2.16. The molecule has 1 heterocycles. The molecule has 0 bridgehead atoms. The van der Waals surface area contributed by atoms with E-state index in [1.165, 1.54) is 23.1 Å². The topological polar surface area (TPSA) is 102 Å². The van der Waals surface area contributed by atoms with Gasteiger partial charge in [0.15, 0.2) is 5.78 Å². The van der Waals surface area contributed by atoms with Gasteiger partial charge in [0.1, 0.15) is 12.1 Å². The van der Waals surface area contributed by atoms with Gasteiger partial charge in [-0.1, -0.05) is 30.3 Å². The summed E-state index contributed by atoms with van der Waals surface area (Å²) >= 11 is 2.70. The lowest BCUT2D eigenvalue weighted by atomic mass is 10.2. The van der Waals surface area contributed by atoms with Crippen molar-refractivity contribution < 1.29 is 23.9 Å². The molecule has 0 saturated heterocycles. The summed E-state index contributed by atoms with van der Waals surface area (Å²) in [6.07, 6.45) is 1.35. The van der Waals surface area contributed by atoms with Gasteiger partial charge >= 0.3 is 5.97 Å². The number of hydrogen-bond donors (Lipinski definition) is 2. The van der Waals surface area contributed by atoms with Gasteiger partial charge in [-0.25, -0.2) is 0 Å². The molecule has 0 aliphatic carbocycles. The van der Waals surface area contributed by atoms with Crippen molar-refractivity contribution >= 4 is 58.4 Å². The molecule has 35 heavy (non-hydrogen) atoms. The highest BCUT2D eigenvalue weighted by Crippen LogP contribution is 2.23. The Morgan fingerprint density at radius 2 is 1.80 bits per heavy atom. The van der Waals surface area contributed by atoms with Crippen molar-refractivity contribution in [3.05, 3.63) is 88.2 Å². The van der Waals surface area contributed by atoms with Crippen LogP contribution in [0.3, 0.4) is 0 Å². The highest BCUT2D eigenvalue weighted by molar-refractivity contribution is 8.00. The molecule has 0 atom stereocenters. The fourth-order valence-corrected chi connectivity index (χ4v) is 4.38. The molecular weight excluding hydrogens is 484 g/mol. The average Bonchev–Trinajstić information content (AvgIpc) is 3.36. The van der Waals surface area contributed by atoms with E-state index in [1.807, 2.05) is 17.5 Å². The van der Waals surface area contributed by atoms with Crippen molar-refractivity contribution in [3.8, 4) is 0 Å². The maximum atomic E-state index is 13.1. The zero-order valence-corrected chi connectivity index (χ0v) is 20.6. The van der Waals surface area contributed by atoms with Gasteiger partial charge in [-0.3, -0.25) is 19.2 Å². The smallest absolute Gasteiger partial charge is 0.313 e. The molecule has 2 aromatic carbocycles. The summed E-state index contributed by atoms with van der Waals surface area (Å²) in [5, 5.41) is 7.38. The van der Waals surface area contributed by atoms with Gasteiger partial charge in [0.2, 0.25) is 0 Å². The monoisotopic (exact) mass is 508 g/mol. The molecule has 2 N–H and O–H groups in total. The van der Waals surface area contributed by atoms with E-state index in [9.17, 15) is 19.2 Å². The van der Waals surface area contributed by atoms with Gasteiger partial charge in [0, 0.05) is 21.0 Å². The first-order chi connectivity index (χ1) is 16.9. The van der Waals surface area contributed by atoms with Crippen LogP contribution in [0.4, 0.5) is 5.69 Å². The maximum Gasteiger partial charge on any atom is 0.313 e. The number of hydrogen-bond acceptors (Lipinski definition) is 7. The van der Waals surface area contributed by atoms with E-state index in [4.69, 9.17) is 4.74 Å². The highest BCUT2D eigenvalue weighted by atomic mass is 32.2. The van der Waals surface area contributed by atoms with Crippen molar-refractivity contribution in [2.24, 2.45) is 0 Å². The lowest BCUT2D eigenvalue weighted by Crippen LogP contribution is -2.30. The molecule has 0 unspecified atom stereocenters. The predicted molar refractivity (Wildman–Crippen MR) is 138 cm³/mol. The predicted octanol–water partition coefficient (Wildman–Crippen LogP) is 4.77. The molecule has 0 aliphatic heterocycles. The number of rotatable bonds is 11. The number of thioether (sulfide) groups is 1. The number of ketones is 1. The van der Waals surface area contributed by atoms with Gasteiger partial charge in [0.05, 0.1) is 12.4 Å². The van der Waals surface area contributed by atoms with Crippen LogP contribution in [0.2, 0.25) is 0 Å². The van der Waals surface area contributed by atoms with Crippen molar-refractivity contribution in [2.75, 3.05) is 17.7 Å². The van der Waals surface area contributed by atoms with Crippen LogP contribution < -0.4 is 10.6 Å². The van der Waals surface area contributed by atoms with Crippen molar-refractivity contribution in [1.82, 2.24) is 5.32 Å². The Kier molecular flexibility index (Phi) is 9.82. The molecule has 0 radical (unpaired) electrons. The molecule has 180 valence electrons. The SMILES string of the molecule is CCOC(=O)CC(=O)CSc1cccc(NC(=O)/C(=C\c2cccs2)NC(=O)c2ccccc2)c1. The first-order valence-electron chi connectivity index (χ1n) is 10.8. The molecule has 0 spiro atoms. The molecule has 0 saturated carbocycles. The van der Waals surface area contributed by atoms with E-state index >= 15 is 0 Å². The zero-order valence-electron chi connectivity index (χ0n) is 19.0. The summed E-state index contributed by atoms with van der Waals surface area (Å²) < 4.78 is 4.79. The van der Waals surface area contributed by atoms with E-state index in [0.29, 0.717) is 11.3 Å². The van der Waals surface area contributed by atoms with Gasteiger partial charge in [-0.15, -0.1) is 23.1 Å². The molecule has 7 nitrogen and oxygen atoms in total. The third-order valence-electron chi connectivity index (χ3n) is 4.50. The summed E-state index contributed by atoms with van der Waals surface area (Å²) in [5.41, 5.74) is 1.04. The number of amides is 2. The van der Waals surface area contributed by atoms with Crippen LogP contribution in [0.25, 0.3) is 6.08 Å². The lowest BCUT2D eigenvalue weighted by Gasteiger charge is -2.12. The second kappa shape index (κ2) is 13.3. The number of carbonyl (C=O) groups excluding carboxylic acids is 4. The fraction of sp³-hybridized carbons (Fsp3) is 0.154. The van der Waals surface area contributed by atoms with Gasteiger partial charge in [-0.2, -0.15) is 0 Å². The summed E-state index contributed by atoms with van der Waals surface area (Å²) in [6, 6.07) is 19.3. The molecule has 0 aliphatic rings. The van der Waals surface area contributed by atoms with E-state index in [0.717, 1.165) is 9.77 Å². The average molecular weight is 509 g/mol. The largest absolute Gasteiger partial charge is 0.466 e. The van der Waals surface area contributed by atoms with Gasteiger partial charge in [-0.05, 0) is 54.8 Å². The van der Waals surface area contributed by atoms with Crippen LogP contribution in [0, 0.1) is 0 Å². The molecule has 3 rings (SSSR count). The summed E-state index contributed by atoms with van der Waals surface area (Å²) in [4.78, 5) is 50.7. The van der Waals surface area contributed by atoms with Gasteiger partial charge in [0.25, 0.3) is 11.8 Å². The Balaban J connectivity index is 1.67. The number of ether oxygens (including phenoxy) is 1. The number of carbonyl (C=O) groups is 4. The van der Waals surface area contributed by atoms with Gasteiger partial charge < -0.3 is 15.4 Å². The Hall–Kier alpha value is -3.69. The minimum Gasteiger partial charge on any atom is -0.466 e. The number of benzene rings is 2. The first-order valence-corrected chi connectivity index (χ1v) is 12.6. The van der Waals surface area contributed by atoms with Crippen LogP contribution in [0.15, 0.2) is 82.7 Å².